The summed E-state index contributed by atoms with van der Waals surface area (Å²) in [4.78, 5) is 36.5. The maximum absolute atomic E-state index is 12.3. The molecule has 0 aliphatic heterocycles. The number of carbonyl (C=O) groups excluding carboxylic acids is 3. The minimum Gasteiger partial charge on any atom is -0.462 e. The minimum absolute atomic E-state index is 0.193. The first kappa shape index (κ1) is 19.2. The van der Waals surface area contributed by atoms with Crippen molar-refractivity contribution in [3.63, 3.8) is 0 Å². The standard InChI is InChI=1S/C20H22N2O4/c1-4-26-20(25)15-10-6-8-12-17(15)22-19(24)18(23)21-16-11-7-5-9-14(16)13(2)3/h5-13H,4H2,1-3H3,(H,21,23)(H,22,24). The molecular weight excluding hydrogens is 332 g/mol. The van der Waals surface area contributed by atoms with Crippen LogP contribution in [0.2, 0.25) is 0 Å². The van der Waals surface area contributed by atoms with Crippen LogP contribution in [0.5, 0.6) is 0 Å². The number of benzene rings is 2. The van der Waals surface area contributed by atoms with Crippen molar-refractivity contribution in [1.82, 2.24) is 0 Å². The highest BCUT2D eigenvalue weighted by Crippen LogP contribution is 2.23. The fourth-order valence-corrected chi connectivity index (χ4v) is 2.45. The van der Waals surface area contributed by atoms with Gasteiger partial charge in [-0.1, -0.05) is 44.2 Å². The lowest BCUT2D eigenvalue weighted by atomic mass is 10.0. The van der Waals surface area contributed by atoms with Crippen LogP contribution in [0.1, 0.15) is 42.6 Å². The monoisotopic (exact) mass is 354 g/mol. The van der Waals surface area contributed by atoms with Crippen LogP contribution in [-0.2, 0) is 14.3 Å². The molecule has 6 nitrogen and oxygen atoms in total. The van der Waals surface area contributed by atoms with Crippen molar-refractivity contribution in [3.05, 3.63) is 59.7 Å². The first-order valence-electron chi connectivity index (χ1n) is 8.41. The number of para-hydroxylation sites is 2. The van der Waals surface area contributed by atoms with Gasteiger partial charge in [-0.05, 0) is 36.6 Å². The van der Waals surface area contributed by atoms with Gasteiger partial charge in [-0.3, -0.25) is 9.59 Å². The van der Waals surface area contributed by atoms with Crippen LogP contribution in [0, 0.1) is 0 Å². The Morgan fingerprint density at radius 2 is 1.42 bits per heavy atom. The van der Waals surface area contributed by atoms with Crippen LogP contribution < -0.4 is 10.6 Å². The molecule has 2 aromatic rings. The molecule has 0 saturated heterocycles. The average molecular weight is 354 g/mol. The Bertz CT molecular complexity index is 815. The number of nitrogens with one attached hydrogen (secondary N) is 2. The van der Waals surface area contributed by atoms with Crippen LogP contribution in [0.15, 0.2) is 48.5 Å². The predicted octanol–water partition coefficient (Wildman–Crippen LogP) is 3.56. The summed E-state index contributed by atoms with van der Waals surface area (Å²) in [6.07, 6.45) is 0. The van der Waals surface area contributed by atoms with E-state index in [0.717, 1.165) is 5.56 Å². The van der Waals surface area contributed by atoms with Crippen molar-refractivity contribution in [1.29, 1.82) is 0 Å². The molecule has 26 heavy (non-hydrogen) atoms. The highest BCUT2D eigenvalue weighted by molar-refractivity contribution is 6.44. The number of esters is 1. The normalized spacial score (nSPS) is 10.3. The molecule has 0 saturated carbocycles. The van der Waals surface area contributed by atoms with Crippen molar-refractivity contribution in [2.75, 3.05) is 17.2 Å². The molecule has 2 amide bonds. The summed E-state index contributed by atoms with van der Waals surface area (Å²) in [7, 11) is 0. The highest BCUT2D eigenvalue weighted by atomic mass is 16.5. The second-order valence-electron chi connectivity index (χ2n) is 5.92. The molecule has 0 atom stereocenters. The van der Waals surface area contributed by atoms with Crippen LogP contribution in [0.3, 0.4) is 0 Å². The quantitative estimate of drug-likeness (QED) is 0.635. The Kier molecular flexibility index (Phi) is 6.49. The summed E-state index contributed by atoms with van der Waals surface area (Å²) < 4.78 is 4.96. The second kappa shape index (κ2) is 8.80. The van der Waals surface area contributed by atoms with Crippen LogP contribution >= 0.6 is 0 Å². The molecule has 2 N–H and O–H groups in total. The fourth-order valence-electron chi connectivity index (χ4n) is 2.45. The summed E-state index contributed by atoms with van der Waals surface area (Å²) in [5.74, 6) is -2.04. The van der Waals surface area contributed by atoms with Gasteiger partial charge in [0.1, 0.15) is 0 Å². The molecule has 0 spiro atoms. The molecule has 0 heterocycles. The third kappa shape index (κ3) is 4.69. The Labute approximate surface area is 152 Å². The van der Waals surface area contributed by atoms with Gasteiger partial charge in [0.05, 0.1) is 17.9 Å². The Morgan fingerprint density at radius 3 is 2.04 bits per heavy atom. The third-order valence-electron chi connectivity index (χ3n) is 3.71. The lowest BCUT2D eigenvalue weighted by Crippen LogP contribution is -2.30. The molecule has 0 aliphatic rings. The van der Waals surface area contributed by atoms with E-state index in [4.69, 9.17) is 4.74 Å². The van der Waals surface area contributed by atoms with E-state index < -0.39 is 17.8 Å². The molecule has 0 bridgehead atoms. The summed E-state index contributed by atoms with van der Waals surface area (Å²) >= 11 is 0. The van der Waals surface area contributed by atoms with E-state index in [1.54, 1.807) is 37.3 Å². The number of amides is 2. The van der Waals surface area contributed by atoms with Crippen molar-refractivity contribution < 1.29 is 19.1 Å². The van der Waals surface area contributed by atoms with Gasteiger partial charge < -0.3 is 15.4 Å². The van der Waals surface area contributed by atoms with Gasteiger partial charge in [-0.15, -0.1) is 0 Å². The molecule has 0 fully saturated rings. The first-order chi connectivity index (χ1) is 12.4. The maximum atomic E-state index is 12.3. The van der Waals surface area contributed by atoms with Gasteiger partial charge in [-0.2, -0.15) is 0 Å². The Balaban J connectivity index is 2.14. The number of hydrogen-bond donors (Lipinski definition) is 2. The van der Waals surface area contributed by atoms with Gasteiger partial charge in [0.25, 0.3) is 0 Å². The molecular formula is C20H22N2O4. The minimum atomic E-state index is -0.861. The van der Waals surface area contributed by atoms with Crippen molar-refractivity contribution in [2.45, 2.75) is 26.7 Å². The lowest BCUT2D eigenvalue weighted by molar-refractivity contribution is -0.133. The summed E-state index contributed by atoms with van der Waals surface area (Å²) in [6.45, 7) is 5.91. The molecule has 2 aromatic carbocycles. The van der Waals surface area contributed by atoms with E-state index >= 15 is 0 Å². The zero-order valence-corrected chi connectivity index (χ0v) is 15.0. The molecule has 0 radical (unpaired) electrons. The van der Waals surface area contributed by atoms with Crippen LogP contribution in [-0.4, -0.2) is 24.4 Å². The number of ether oxygens (including phenoxy) is 1. The van der Waals surface area contributed by atoms with Gasteiger partial charge in [0.2, 0.25) is 0 Å². The van der Waals surface area contributed by atoms with Crippen molar-refractivity contribution in [2.24, 2.45) is 0 Å². The number of rotatable bonds is 5. The van der Waals surface area contributed by atoms with E-state index in [0.29, 0.717) is 5.69 Å². The summed E-state index contributed by atoms with van der Waals surface area (Å²) in [5, 5.41) is 5.09. The largest absolute Gasteiger partial charge is 0.462 e. The van der Waals surface area contributed by atoms with E-state index in [9.17, 15) is 14.4 Å². The van der Waals surface area contributed by atoms with Crippen molar-refractivity contribution >= 4 is 29.2 Å². The van der Waals surface area contributed by atoms with E-state index in [2.05, 4.69) is 10.6 Å². The molecule has 0 aromatic heterocycles. The highest BCUT2D eigenvalue weighted by Gasteiger charge is 2.19. The Hall–Kier alpha value is -3.15. The van der Waals surface area contributed by atoms with E-state index in [-0.39, 0.29) is 23.8 Å². The van der Waals surface area contributed by atoms with Crippen LogP contribution in [0.4, 0.5) is 11.4 Å². The molecule has 0 unspecified atom stereocenters. The van der Waals surface area contributed by atoms with Gasteiger partial charge in [0, 0.05) is 5.69 Å². The zero-order chi connectivity index (χ0) is 19.1. The third-order valence-corrected chi connectivity index (χ3v) is 3.71. The zero-order valence-electron chi connectivity index (χ0n) is 15.0. The lowest BCUT2D eigenvalue weighted by Gasteiger charge is -2.14. The first-order valence-corrected chi connectivity index (χ1v) is 8.41. The van der Waals surface area contributed by atoms with Gasteiger partial charge in [-0.25, -0.2) is 4.79 Å². The molecule has 0 aliphatic carbocycles. The molecule has 136 valence electrons. The molecule has 6 heteroatoms. The Morgan fingerprint density at radius 1 is 0.885 bits per heavy atom. The predicted molar refractivity (Wildman–Crippen MR) is 100 cm³/mol. The van der Waals surface area contributed by atoms with E-state index in [1.807, 2.05) is 26.0 Å². The second-order valence-corrected chi connectivity index (χ2v) is 5.92. The smallest absolute Gasteiger partial charge is 0.340 e. The number of hydrogen-bond acceptors (Lipinski definition) is 4. The SMILES string of the molecule is CCOC(=O)c1ccccc1NC(=O)C(=O)Nc1ccccc1C(C)C. The maximum Gasteiger partial charge on any atom is 0.340 e. The van der Waals surface area contributed by atoms with E-state index in [1.165, 1.54) is 6.07 Å². The topological polar surface area (TPSA) is 84.5 Å². The summed E-state index contributed by atoms with van der Waals surface area (Å²) in [6, 6.07) is 13.7. The van der Waals surface area contributed by atoms with Crippen LogP contribution in [0.25, 0.3) is 0 Å². The van der Waals surface area contributed by atoms with Crippen molar-refractivity contribution in [3.8, 4) is 0 Å². The average Bonchev–Trinajstić information content (AvgIpc) is 2.62. The number of anilines is 2. The van der Waals surface area contributed by atoms with Gasteiger partial charge >= 0.3 is 17.8 Å². The summed E-state index contributed by atoms with van der Waals surface area (Å²) in [5.41, 5.74) is 1.93. The molecule has 2 rings (SSSR count). The number of carbonyl (C=O) groups is 3. The fraction of sp³-hybridized carbons (Fsp3) is 0.250. The van der Waals surface area contributed by atoms with Gasteiger partial charge in [0.15, 0.2) is 0 Å².